The smallest absolute Gasteiger partial charge is 0.161 e. The number of morpholine rings is 1. The molecule has 5 rings (SSSR count). The van der Waals surface area contributed by atoms with Crippen molar-refractivity contribution < 1.29 is 9.53 Å². The van der Waals surface area contributed by atoms with E-state index in [1.807, 2.05) is 30.0 Å². The van der Waals surface area contributed by atoms with Crippen LogP contribution in [0.25, 0.3) is 0 Å². The van der Waals surface area contributed by atoms with Crippen LogP contribution in [0.2, 0.25) is 5.02 Å². The summed E-state index contributed by atoms with van der Waals surface area (Å²) in [6, 6.07) is 10.1. The van der Waals surface area contributed by atoms with Gasteiger partial charge < -0.3 is 10.5 Å². The first-order chi connectivity index (χ1) is 16.5. The van der Waals surface area contributed by atoms with Crippen LogP contribution in [0.4, 0.5) is 5.69 Å². The van der Waals surface area contributed by atoms with Crippen LogP contribution in [0.3, 0.4) is 0 Å². The van der Waals surface area contributed by atoms with E-state index in [4.69, 9.17) is 22.1 Å². The molecule has 0 saturated carbocycles. The van der Waals surface area contributed by atoms with Crippen LogP contribution in [0, 0.1) is 18.3 Å². The number of benzene rings is 1. The van der Waals surface area contributed by atoms with Crippen LogP contribution in [-0.4, -0.2) is 37.0 Å². The van der Waals surface area contributed by atoms with Gasteiger partial charge >= 0.3 is 0 Å². The molecule has 0 amide bonds. The molecule has 3 aliphatic rings. The number of thiophene rings is 1. The number of hydrogen-bond donors (Lipinski definition) is 1. The normalized spacial score (nSPS) is 21.6. The molecule has 0 unspecified atom stereocenters. The van der Waals surface area contributed by atoms with Gasteiger partial charge in [0, 0.05) is 47.2 Å². The summed E-state index contributed by atoms with van der Waals surface area (Å²) in [5.41, 5.74) is 11.6. The molecule has 1 saturated heterocycles. The number of carbonyl (C=O) groups excluding carboxylic acids is 1. The van der Waals surface area contributed by atoms with E-state index in [1.165, 1.54) is 5.56 Å². The molecule has 6 nitrogen and oxygen atoms in total. The first kappa shape index (κ1) is 23.1. The zero-order valence-electron chi connectivity index (χ0n) is 19.1. The molecule has 1 fully saturated rings. The molecule has 0 spiro atoms. The lowest BCUT2D eigenvalue weighted by atomic mass is 9.78. The molecule has 1 aliphatic carbocycles. The summed E-state index contributed by atoms with van der Waals surface area (Å²) in [6.07, 6.45) is 1.99. The number of nitrogens with zero attached hydrogens (tertiary/aromatic N) is 3. The highest BCUT2D eigenvalue weighted by atomic mass is 35.5. The van der Waals surface area contributed by atoms with Gasteiger partial charge in [0.05, 0.1) is 36.5 Å². The lowest BCUT2D eigenvalue weighted by molar-refractivity contribution is -0.116. The minimum Gasteiger partial charge on any atom is -0.384 e. The fourth-order valence-electron chi connectivity index (χ4n) is 5.13. The van der Waals surface area contributed by atoms with Gasteiger partial charge in [-0.15, -0.1) is 11.3 Å². The van der Waals surface area contributed by atoms with E-state index in [0.29, 0.717) is 28.4 Å². The van der Waals surface area contributed by atoms with Crippen LogP contribution in [0.15, 0.2) is 52.3 Å². The predicted octanol–water partition coefficient (Wildman–Crippen LogP) is 4.85. The van der Waals surface area contributed by atoms with Gasteiger partial charge in [-0.1, -0.05) is 17.7 Å². The van der Waals surface area contributed by atoms with Crippen molar-refractivity contribution >= 4 is 34.4 Å². The molecule has 0 bridgehead atoms. The fraction of sp³-hybridized carbons (Fsp3) is 0.385. The molecule has 2 N–H and O–H groups in total. The van der Waals surface area contributed by atoms with E-state index in [-0.39, 0.29) is 5.78 Å². The van der Waals surface area contributed by atoms with Crippen LogP contribution in [-0.2, 0) is 16.1 Å². The summed E-state index contributed by atoms with van der Waals surface area (Å²) in [4.78, 5) is 18.6. The third kappa shape index (κ3) is 4.05. The highest BCUT2D eigenvalue weighted by Gasteiger charge is 2.41. The minimum absolute atomic E-state index is 0.0966. The van der Waals surface area contributed by atoms with Crippen LogP contribution >= 0.6 is 22.9 Å². The molecular formula is C26H27ClN4O2S. The number of allylic oxidation sites excluding steroid dienone is 3. The maximum absolute atomic E-state index is 13.3. The zero-order chi connectivity index (χ0) is 23.8. The van der Waals surface area contributed by atoms with Gasteiger partial charge in [0.15, 0.2) is 5.78 Å². The summed E-state index contributed by atoms with van der Waals surface area (Å²) in [7, 11) is 0. The van der Waals surface area contributed by atoms with Gasteiger partial charge in [-0.05, 0) is 54.5 Å². The van der Waals surface area contributed by atoms with Crippen LogP contribution in [0.1, 0.15) is 41.2 Å². The van der Waals surface area contributed by atoms with Crippen molar-refractivity contribution in [3.8, 4) is 6.07 Å². The lowest BCUT2D eigenvalue weighted by Crippen LogP contribution is -2.39. The second-order valence-corrected chi connectivity index (χ2v) is 10.3. The molecule has 3 heterocycles. The Balaban J connectivity index is 1.59. The summed E-state index contributed by atoms with van der Waals surface area (Å²) < 4.78 is 5.46. The Hall–Kier alpha value is -2.63. The van der Waals surface area contributed by atoms with Gasteiger partial charge in [0.2, 0.25) is 0 Å². The summed E-state index contributed by atoms with van der Waals surface area (Å²) >= 11 is 8.02. The Bertz CT molecular complexity index is 1240. The zero-order valence-corrected chi connectivity index (χ0v) is 20.7. The number of Topliss-reactive ketones (excluding diaryl/α,β-unsaturated/α-hetero) is 1. The van der Waals surface area contributed by atoms with Crippen LogP contribution < -0.4 is 10.6 Å². The summed E-state index contributed by atoms with van der Waals surface area (Å²) in [6.45, 7) is 6.09. The first-order valence-electron chi connectivity index (χ1n) is 11.6. The maximum Gasteiger partial charge on any atom is 0.161 e. The number of nitrogens with two attached hydrogens (primary N) is 1. The predicted molar refractivity (Wildman–Crippen MR) is 135 cm³/mol. The Morgan fingerprint density at radius 1 is 1.29 bits per heavy atom. The Morgan fingerprint density at radius 2 is 2.09 bits per heavy atom. The van der Waals surface area contributed by atoms with E-state index in [1.54, 1.807) is 11.3 Å². The molecule has 0 radical (unpaired) electrons. The third-order valence-corrected chi connectivity index (χ3v) is 8.32. The summed E-state index contributed by atoms with van der Waals surface area (Å²) in [5, 5.41) is 13.0. The Kier molecular flexibility index (Phi) is 6.50. The van der Waals surface area contributed by atoms with Gasteiger partial charge in [-0.25, -0.2) is 0 Å². The molecule has 8 heteroatoms. The first-order valence-corrected chi connectivity index (χ1v) is 12.8. The minimum atomic E-state index is -0.424. The fourth-order valence-corrected chi connectivity index (χ4v) is 6.32. The quantitative estimate of drug-likeness (QED) is 0.654. The molecule has 1 aromatic carbocycles. The summed E-state index contributed by atoms with van der Waals surface area (Å²) in [5.74, 6) is 0.0562. The van der Waals surface area contributed by atoms with E-state index in [0.717, 1.165) is 67.5 Å². The number of rotatable bonds is 4. The standard InChI is InChI=1S/C26H27ClN4O2S/c1-16-19(27)4-2-5-20(16)31-21-6-3-7-22(32)25(21)24(18(13-28)26(31)29)23-12-17(15-34-23)14-30-8-10-33-11-9-30/h2,4-5,12,15,24H,3,6-11,14,29H2,1H3/t24-/m1/s1. The number of anilines is 1. The van der Waals surface area contributed by atoms with E-state index in [2.05, 4.69) is 22.4 Å². The lowest BCUT2D eigenvalue weighted by Gasteiger charge is -2.40. The van der Waals surface area contributed by atoms with Gasteiger partial charge in [-0.2, -0.15) is 5.26 Å². The SMILES string of the molecule is Cc1c(Cl)cccc1N1C(N)=C(C#N)[C@H](c2cc(CN3CCOCC3)cs2)C2=C1CCCC2=O. The number of nitriles is 1. The van der Waals surface area contributed by atoms with Gasteiger partial charge in [0.1, 0.15) is 5.82 Å². The number of carbonyl (C=O) groups is 1. The van der Waals surface area contributed by atoms with Crippen LogP contribution in [0.5, 0.6) is 0 Å². The number of hydrogen-bond acceptors (Lipinski definition) is 7. The maximum atomic E-state index is 13.3. The van der Waals surface area contributed by atoms with Crippen molar-refractivity contribution in [1.29, 1.82) is 5.26 Å². The molecule has 1 atom stereocenters. The monoisotopic (exact) mass is 494 g/mol. The van der Waals surface area contributed by atoms with E-state index >= 15 is 0 Å². The average Bonchev–Trinajstić information content (AvgIpc) is 3.29. The van der Waals surface area contributed by atoms with Crippen molar-refractivity contribution in [2.75, 3.05) is 31.2 Å². The van der Waals surface area contributed by atoms with E-state index in [9.17, 15) is 10.1 Å². The average molecular weight is 495 g/mol. The number of ketones is 1. The second-order valence-electron chi connectivity index (χ2n) is 8.95. The van der Waals surface area contributed by atoms with Crippen molar-refractivity contribution in [3.63, 3.8) is 0 Å². The molecule has 1 aromatic heterocycles. The second kappa shape index (κ2) is 9.55. The number of halogens is 1. The highest BCUT2D eigenvalue weighted by Crippen LogP contribution is 2.48. The van der Waals surface area contributed by atoms with Crippen molar-refractivity contribution in [3.05, 3.63) is 73.3 Å². The van der Waals surface area contributed by atoms with Crippen molar-refractivity contribution in [1.82, 2.24) is 4.90 Å². The third-order valence-electron chi connectivity index (χ3n) is 6.86. The Labute approximate surface area is 208 Å². The largest absolute Gasteiger partial charge is 0.384 e. The van der Waals surface area contributed by atoms with Crippen molar-refractivity contribution in [2.24, 2.45) is 5.73 Å². The molecule has 2 aromatic rings. The number of ether oxygens (including phenoxy) is 1. The molecule has 34 heavy (non-hydrogen) atoms. The molecular weight excluding hydrogens is 468 g/mol. The molecule has 176 valence electrons. The Morgan fingerprint density at radius 3 is 2.85 bits per heavy atom. The van der Waals surface area contributed by atoms with Crippen molar-refractivity contribution in [2.45, 2.75) is 38.6 Å². The van der Waals surface area contributed by atoms with Gasteiger partial charge in [0.25, 0.3) is 0 Å². The topological polar surface area (TPSA) is 82.6 Å². The van der Waals surface area contributed by atoms with Gasteiger partial charge in [-0.3, -0.25) is 14.6 Å². The van der Waals surface area contributed by atoms with E-state index < -0.39 is 5.92 Å². The highest BCUT2D eigenvalue weighted by molar-refractivity contribution is 7.10. The molecule has 2 aliphatic heterocycles.